The fraction of sp³-hybridized carbons (Fsp3) is 0.333. The average Bonchev–Trinajstić information content (AvgIpc) is 2.33. The van der Waals surface area contributed by atoms with Gasteiger partial charge in [0.25, 0.3) is 0 Å². The van der Waals surface area contributed by atoms with E-state index in [4.69, 9.17) is 17.3 Å². The SMILES string of the molecule is COCC(=O)N[C@H](Cc1cc(Cl)ccc1Br)C(N)=O. The number of carbonyl (C=O) groups is 2. The molecule has 2 amide bonds. The smallest absolute Gasteiger partial charge is 0.246 e. The van der Waals surface area contributed by atoms with Gasteiger partial charge in [0.15, 0.2) is 0 Å². The zero-order valence-electron chi connectivity index (χ0n) is 10.3. The summed E-state index contributed by atoms with van der Waals surface area (Å²) in [4.78, 5) is 22.8. The van der Waals surface area contributed by atoms with Crippen LogP contribution in [0.5, 0.6) is 0 Å². The summed E-state index contributed by atoms with van der Waals surface area (Å²) in [7, 11) is 1.40. The second-order valence-corrected chi connectivity index (χ2v) is 5.19. The van der Waals surface area contributed by atoms with Gasteiger partial charge in [-0.05, 0) is 23.8 Å². The lowest BCUT2D eigenvalue weighted by Crippen LogP contribution is -2.47. The van der Waals surface area contributed by atoms with Crippen molar-refractivity contribution in [2.45, 2.75) is 12.5 Å². The van der Waals surface area contributed by atoms with Gasteiger partial charge >= 0.3 is 0 Å². The molecule has 0 saturated carbocycles. The lowest BCUT2D eigenvalue weighted by Gasteiger charge is -2.16. The first kappa shape index (κ1) is 15.9. The van der Waals surface area contributed by atoms with Crippen molar-refractivity contribution in [2.75, 3.05) is 13.7 Å². The van der Waals surface area contributed by atoms with E-state index in [2.05, 4.69) is 26.0 Å². The van der Waals surface area contributed by atoms with E-state index in [1.165, 1.54) is 7.11 Å². The summed E-state index contributed by atoms with van der Waals surface area (Å²) in [6, 6.07) is 4.40. The highest BCUT2D eigenvalue weighted by molar-refractivity contribution is 9.10. The number of amides is 2. The van der Waals surface area contributed by atoms with Crippen LogP contribution in [0, 0.1) is 0 Å². The summed E-state index contributed by atoms with van der Waals surface area (Å²) in [6.07, 6.45) is 0.256. The second-order valence-electron chi connectivity index (χ2n) is 3.90. The molecule has 19 heavy (non-hydrogen) atoms. The van der Waals surface area contributed by atoms with Crippen molar-refractivity contribution in [1.29, 1.82) is 0 Å². The van der Waals surface area contributed by atoms with E-state index in [9.17, 15) is 9.59 Å². The summed E-state index contributed by atoms with van der Waals surface area (Å²) < 4.78 is 5.48. The van der Waals surface area contributed by atoms with E-state index in [0.717, 1.165) is 10.0 Å². The summed E-state index contributed by atoms with van der Waals surface area (Å²) in [5.74, 6) is -1.01. The third-order valence-electron chi connectivity index (χ3n) is 2.39. The maximum atomic E-state index is 11.4. The van der Waals surface area contributed by atoms with E-state index < -0.39 is 17.9 Å². The highest BCUT2D eigenvalue weighted by Gasteiger charge is 2.19. The summed E-state index contributed by atoms with van der Waals surface area (Å²) in [5.41, 5.74) is 6.06. The number of nitrogens with one attached hydrogen (secondary N) is 1. The van der Waals surface area contributed by atoms with Crippen LogP contribution in [0.15, 0.2) is 22.7 Å². The van der Waals surface area contributed by atoms with Crippen molar-refractivity contribution in [2.24, 2.45) is 5.73 Å². The molecule has 5 nitrogen and oxygen atoms in total. The molecular formula is C12H14BrClN2O3. The minimum absolute atomic E-state index is 0.125. The second kappa shape index (κ2) is 7.47. The predicted octanol–water partition coefficient (Wildman–Crippen LogP) is 1.26. The number of hydrogen-bond acceptors (Lipinski definition) is 3. The van der Waals surface area contributed by atoms with Gasteiger partial charge in [0.05, 0.1) is 0 Å². The Morgan fingerprint density at radius 3 is 2.79 bits per heavy atom. The normalized spacial score (nSPS) is 11.9. The van der Waals surface area contributed by atoms with E-state index in [1.54, 1.807) is 18.2 Å². The van der Waals surface area contributed by atoms with Crippen LogP contribution in [0.2, 0.25) is 5.02 Å². The zero-order valence-corrected chi connectivity index (χ0v) is 12.6. The van der Waals surface area contributed by atoms with E-state index >= 15 is 0 Å². The van der Waals surface area contributed by atoms with Crippen LogP contribution < -0.4 is 11.1 Å². The Morgan fingerprint density at radius 2 is 2.21 bits per heavy atom. The summed E-state index contributed by atoms with van der Waals surface area (Å²) >= 11 is 9.25. The molecule has 7 heteroatoms. The lowest BCUT2D eigenvalue weighted by atomic mass is 10.1. The van der Waals surface area contributed by atoms with Gasteiger partial charge in [-0.15, -0.1) is 0 Å². The standard InChI is InChI=1S/C12H14BrClN2O3/c1-19-6-11(17)16-10(12(15)18)5-7-4-8(14)2-3-9(7)13/h2-4,10H,5-6H2,1H3,(H2,15,18)(H,16,17)/t10-/m1/s1. The van der Waals surface area contributed by atoms with Crippen LogP contribution in [-0.2, 0) is 20.7 Å². The van der Waals surface area contributed by atoms with Gasteiger partial charge in [-0.1, -0.05) is 27.5 Å². The Morgan fingerprint density at radius 1 is 1.53 bits per heavy atom. The maximum absolute atomic E-state index is 11.4. The van der Waals surface area contributed by atoms with Crippen LogP contribution >= 0.6 is 27.5 Å². The molecule has 0 spiro atoms. The number of carbonyl (C=O) groups excluding carboxylic acids is 2. The maximum Gasteiger partial charge on any atom is 0.246 e. The molecule has 0 aliphatic carbocycles. The summed E-state index contributed by atoms with van der Waals surface area (Å²) in [6.45, 7) is -0.125. The topological polar surface area (TPSA) is 81.4 Å². The van der Waals surface area contributed by atoms with Crippen LogP contribution in [0.1, 0.15) is 5.56 Å². The third kappa shape index (κ3) is 5.18. The Labute approximate surface area is 124 Å². The van der Waals surface area contributed by atoms with Gasteiger partial charge in [-0.3, -0.25) is 9.59 Å². The van der Waals surface area contributed by atoms with Crippen molar-refractivity contribution in [3.8, 4) is 0 Å². The van der Waals surface area contributed by atoms with Gasteiger partial charge in [0.1, 0.15) is 12.6 Å². The minimum Gasteiger partial charge on any atom is -0.375 e. The molecule has 0 aliphatic rings. The molecule has 1 aromatic rings. The molecule has 0 bridgehead atoms. The van der Waals surface area contributed by atoms with E-state index in [1.807, 2.05) is 0 Å². The molecule has 1 atom stereocenters. The molecular weight excluding hydrogens is 336 g/mol. The number of ether oxygens (including phenoxy) is 1. The average molecular weight is 350 g/mol. The molecule has 0 aromatic heterocycles. The van der Waals surface area contributed by atoms with Crippen LogP contribution in [0.25, 0.3) is 0 Å². The highest BCUT2D eigenvalue weighted by Crippen LogP contribution is 2.22. The van der Waals surface area contributed by atoms with Gasteiger partial charge in [-0.2, -0.15) is 0 Å². The number of methoxy groups -OCH3 is 1. The van der Waals surface area contributed by atoms with Crippen molar-refractivity contribution in [3.63, 3.8) is 0 Å². The van der Waals surface area contributed by atoms with Gasteiger partial charge < -0.3 is 15.8 Å². The number of nitrogens with two attached hydrogens (primary N) is 1. The molecule has 104 valence electrons. The Bertz CT molecular complexity index is 482. The zero-order chi connectivity index (χ0) is 14.4. The first-order chi connectivity index (χ1) is 8.93. The fourth-order valence-electron chi connectivity index (χ4n) is 1.51. The summed E-state index contributed by atoms with van der Waals surface area (Å²) in [5, 5.41) is 3.06. The molecule has 0 heterocycles. The molecule has 0 unspecified atom stereocenters. The van der Waals surface area contributed by atoms with Crippen LogP contribution in [0.4, 0.5) is 0 Å². The Hall–Kier alpha value is -1.11. The quantitative estimate of drug-likeness (QED) is 0.811. The van der Waals surface area contributed by atoms with Crippen LogP contribution in [0.3, 0.4) is 0 Å². The van der Waals surface area contributed by atoms with Crippen molar-refractivity contribution in [3.05, 3.63) is 33.3 Å². The first-order valence-electron chi connectivity index (χ1n) is 5.45. The molecule has 3 N–H and O–H groups in total. The van der Waals surface area contributed by atoms with Gasteiger partial charge in [0.2, 0.25) is 11.8 Å². The molecule has 0 aliphatic heterocycles. The molecule has 0 fully saturated rings. The number of benzene rings is 1. The number of rotatable bonds is 6. The largest absolute Gasteiger partial charge is 0.375 e. The molecule has 0 saturated heterocycles. The Balaban J connectivity index is 2.81. The highest BCUT2D eigenvalue weighted by atomic mass is 79.9. The van der Waals surface area contributed by atoms with Gasteiger partial charge in [-0.25, -0.2) is 0 Å². The monoisotopic (exact) mass is 348 g/mol. The fourth-order valence-corrected chi connectivity index (χ4v) is 2.11. The molecule has 1 rings (SSSR count). The van der Waals surface area contributed by atoms with Crippen molar-refractivity contribution in [1.82, 2.24) is 5.32 Å². The number of halogens is 2. The Kier molecular flexibility index (Phi) is 6.27. The minimum atomic E-state index is -0.808. The van der Waals surface area contributed by atoms with E-state index in [-0.39, 0.29) is 13.0 Å². The third-order valence-corrected chi connectivity index (χ3v) is 3.39. The molecule has 1 aromatic carbocycles. The van der Waals surface area contributed by atoms with Crippen LogP contribution in [-0.4, -0.2) is 31.6 Å². The molecule has 0 radical (unpaired) electrons. The number of hydrogen-bond donors (Lipinski definition) is 2. The predicted molar refractivity (Wildman–Crippen MR) is 75.9 cm³/mol. The first-order valence-corrected chi connectivity index (χ1v) is 6.62. The number of primary amides is 1. The lowest BCUT2D eigenvalue weighted by molar-refractivity contribution is -0.129. The van der Waals surface area contributed by atoms with E-state index in [0.29, 0.717) is 5.02 Å². The van der Waals surface area contributed by atoms with Crippen molar-refractivity contribution >= 4 is 39.3 Å². The van der Waals surface area contributed by atoms with Gasteiger partial charge in [0, 0.05) is 23.0 Å². The van der Waals surface area contributed by atoms with Crippen molar-refractivity contribution < 1.29 is 14.3 Å².